The smallest absolute Gasteiger partial charge is 0.116 e. The molecular weight excluding hydrogens is 95.1 g/mol. The van der Waals surface area contributed by atoms with Gasteiger partial charge in [-0.2, -0.15) is 0 Å². The molecule has 0 rings (SSSR count). The number of hydrogen-bond donors (Lipinski definition) is 1. The van der Waals surface area contributed by atoms with Crippen molar-refractivity contribution in [2.24, 2.45) is 5.92 Å². The summed E-state index contributed by atoms with van der Waals surface area (Å²) >= 11 is 0. The van der Waals surface area contributed by atoms with Gasteiger partial charge in [-0.3, -0.25) is 0 Å². The average molecular weight is 106 g/mol. The van der Waals surface area contributed by atoms with E-state index in [9.17, 15) is 4.39 Å². The first-order chi connectivity index (χ1) is 3.18. The van der Waals surface area contributed by atoms with Gasteiger partial charge in [-0.05, 0) is 5.92 Å². The highest BCUT2D eigenvalue weighted by Gasteiger charge is 2.05. The molecule has 1 unspecified atom stereocenters. The second-order valence-electron chi connectivity index (χ2n) is 1.97. The van der Waals surface area contributed by atoms with Crippen LogP contribution >= 0.6 is 0 Å². The summed E-state index contributed by atoms with van der Waals surface area (Å²) in [5.74, 6) is 0.0463. The van der Waals surface area contributed by atoms with Crippen LogP contribution < -0.4 is 0 Å². The molecule has 1 atom stereocenters. The van der Waals surface area contributed by atoms with E-state index in [0.717, 1.165) is 0 Å². The molecule has 0 spiro atoms. The first-order valence-electron chi connectivity index (χ1n) is 2.42. The number of halogens is 1. The van der Waals surface area contributed by atoms with Crippen molar-refractivity contribution in [3.05, 3.63) is 0 Å². The fraction of sp³-hybridized carbons (Fsp3) is 1.00. The number of rotatable bonds is 2. The minimum absolute atomic E-state index is 0.0463. The lowest BCUT2D eigenvalue weighted by Crippen LogP contribution is -2.16. The largest absolute Gasteiger partial charge is 0.390 e. The monoisotopic (exact) mass is 106 g/mol. The van der Waals surface area contributed by atoms with E-state index in [1.807, 2.05) is 0 Å². The molecule has 0 fully saturated rings. The van der Waals surface area contributed by atoms with Gasteiger partial charge in [0.1, 0.15) is 6.67 Å². The summed E-state index contributed by atoms with van der Waals surface area (Å²) < 4.78 is 11.4. The molecule has 0 aliphatic carbocycles. The predicted molar refractivity (Wildman–Crippen MR) is 26.8 cm³/mol. The molecule has 2 heteroatoms. The molecule has 0 bridgehead atoms. The van der Waals surface area contributed by atoms with Crippen LogP contribution in [0.15, 0.2) is 0 Å². The minimum atomic E-state index is -0.764. The van der Waals surface area contributed by atoms with Gasteiger partial charge in [0.15, 0.2) is 0 Å². The van der Waals surface area contributed by atoms with Gasteiger partial charge in [0.25, 0.3) is 0 Å². The third kappa shape index (κ3) is 2.57. The molecule has 1 N–H and O–H groups in total. The number of hydrogen-bond acceptors (Lipinski definition) is 1. The highest BCUT2D eigenvalue weighted by atomic mass is 19.1. The van der Waals surface area contributed by atoms with Gasteiger partial charge in [-0.15, -0.1) is 0 Å². The zero-order valence-electron chi connectivity index (χ0n) is 4.69. The molecule has 0 saturated carbocycles. The Bertz CT molecular complexity index is 45.3. The van der Waals surface area contributed by atoms with Gasteiger partial charge in [0.2, 0.25) is 0 Å². The number of aliphatic hydroxyl groups excluding tert-OH is 1. The van der Waals surface area contributed by atoms with Crippen LogP contribution in [0.4, 0.5) is 4.39 Å². The predicted octanol–water partition coefficient (Wildman–Crippen LogP) is 0.973. The van der Waals surface area contributed by atoms with Crippen LogP contribution in [0.5, 0.6) is 0 Å². The van der Waals surface area contributed by atoms with Crippen molar-refractivity contribution >= 4 is 0 Å². The van der Waals surface area contributed by atoms with Crippen LogP contribution in [0.2, 0.25) is 0 Å². The molecule has 7 heavy (non-hydrogen) atoms. The lowest BCUT2D eigenvalue weighted by atomic mass is 10.1. The summed E-state index contributed by atoms with van der Waals surface area (Å²) in [5, 5.41) is 8.56. The molecule has 1 nitrogen and oxygen atoms in total. The minimum Gasteiger partial charge on any atom is -0.390 e. The molecule has 0 aromatic heterocycles. The van der Waals surface area contributed by atoms with E-state index >= 15 is 0 Å². The van der Waals surface area contributed by atoms with Gasteiger partial charge in [-0.25, -0.2) is 4.39 Å². The Morgan fingerprint density at radius 1 is 1.57 bits per heavy atom. The van der Waals surface area contributed by atoms with Crippen LogP contribution in [0.3, 0.4) is 0 Å². The van der Waals surface area contributed by atoms with Crippen molar-refractivity contribution in [3.8, 4) is 0 Å². The van der Waals surface area contributed by atoms with Crippen molar-refractivity contribution in [2.75, 3.05) is 6.67 Å². The SMILES string of the molecule is CC(C)C(O)CF. The topological polar surface area (TPSA) is 20.2 Å². The van der Waals surface area contributed by atoms with E-state index in [4.69, 9.17) is 5.11 Å². The lowest BCUT2D eigenvalue weighted by Gasteiger charge is -2.07. The summed E-state index contributed by atoms with van der Waals surface area (Å²) in [7, 11) is 0. The Hall–Kier alpha value is -0.110. The summed E-state index contributed by atoms with van der Waals surface area (Å²) in [6.07, 6.45) is -0.764. The highest BCUT2D eigenvalue weighted by molar-refractivity contribution is 4.55. The molecule has 0 aliphatic rings. The van der Waals surface area contributed by atoms with E-state index in [1.54, 1.807) is 13.8 Å². The van der Waals surface area contributed by atoms with Crippen LogP contribution in [0, 0.1) is 5.92 Å². The van der Waals surface area contributed by atoms with E-state index in [-0.39, 0.29) is 5.92 Å². The molecule has 0 heterocycles. The molecule has 0 aromatic rings. The Morgan fingerprint density at radius 3 is 2.00 bits per heavy atom. The Labute approximate surface area is 43.2 Å². The van der Waals surface area contributed by atoms with Crippen LogP contribution in [-0.2, 0) is 0 Å². The molecule has 0 aliphatic heterocycles. The van der Waals surface area contributed by atoms with Gasteiger partial charge in [0, 0.05) is 0 Å². The molecule has 0 aromatic carbocycles. The average Bonchev–Trinajstić information content (AvgIpc) is 1.65. The van der Waals surface area contributed by atoms with Gasteiger partial charge < -0.3 is 5.11 Å². The summed E-state index contributed by atoms with van der Waals surface area (Å²) in [4.78, 5) is 0. The standard InChI is InChI=1S/C5H11FO/c1-4(2)5(7)3-6/h4-5,7H,3H2,1-2H3. The Morgan fingerprint density at radius 2 is 2.00 bits per heavy atom. The maximum atomic E-state index is 11.4. The molecule has 0 saturated heterocycles. The zero-order chi connectivity index (χ0) is 5.86. The summed E-state index contributed by atoms with van der Waals surface area (Å²) in [6.45, 7) is 2.94. The van der Waals surface area contributed by atoms with Gasteiger partial charge >= 0.3 is 0 Å². The third-order valence-electron chi connectivity index (χ3n) is 0.928. The number of alkyl halides is 1. The second kappa shape index (κ2) is 2.97. The van der Waals surface area contributed by atoms with E-state index in [1.165, 1.54) is 0 Å². The molecular formula is C5H11FO. The zero-order valence-corrected chi connectivity index (χ0v) is 4.69. The number of aliphatic hydroxyl groups is 1. The normalized spacial score (nSPS) is 15.0. The van der Waals surface area contributed by atoms with Crippen molar-refractivity contribution in [2.45, 2.75) is 20.0 Å². The van der Waals surface area contributed by atoms with Crippen LogP contribution in [0.1, 0.15) is 13.8 Å². The maximum Gasteiger partial charge on any atom is 0.116 e. The molecule has 0 amide bonds. The van der Waals surface area contributed by atoms with E-state index < -0.39 is 12.8 Å². The first kappa shape index (κ1) is 6.89. The molecule has 0 radical (unpaired) electrons. The van der Waals surface area contributed by atoms with Crippen LogP contribution in [0.25, 0.3) is 0 Å². The summed E-state index contributed by atoms with van der Waals surface area (Å²) in [6, 6.07) is 0. The summed E-state index contributed by atoms with van der Waals surface area (Å²) in [5.41, 5.74) is 0. The van der Waals surface area contributed by atoms with Gasteiger partial charge in [0.05, 0.1) is 6.10 Å². The van der Waals surface area contributed by atoms with Crippen molar-refractivity contribution < 1.29 is 9.50 Å². The quantitative estimate of drug-likeness (QED) is 0.556. The van der Waals surface area contributed by atoms with E-state index in [2.05, 4.69) is 0 Å². The fourth-order valence-electron chi connectivity index (χ4n) is 0.178. The second-order valence-corrected chi connectivity index (χ2v) is 1.97. The highest BCUT2D eigenvalue weighted by Crippen LogP contribution is 1.99. The van der Waals surface area contributed by atoms with Crippen molar-refractivity contribution in [1.82, 2.24) is 0 Å². The molecule has 44 valence electrons. The Kier molecular flexibility index (Phi) is 2.92. The van der Waals surface area contributed by atoms with Gasteiger partial charge in [-0.1, -0.05) is 13.8 Å². The lowest BCUT2D eigenvalue weighted by molar-refractivity contribution is 0.0961. The third-order valence-corrected chi connectivity index (χ3v) is 0.928. The van der Waals surface area contributed by atoms with Crippen molar-refractivity contribution in [1.29, 1.82) is 0 Å². The fourth-order valence-corrected chi connectivity index (χ4v) is 0.178. The van der Waals surface area contributed by atoms with E-state index in [0.29, 0.717) is 0 Å². The van der Waals surface area contributed by atoms with Crippen molar-refractivity contribution in [3.63, 3.8) is 0 Å². The Balaban J connectivity index is 3.14. The first-order valence-corrected chi connectivity index (χ1v) is 2.42. The van der Waals surface area contributed by atoms with Crippen LogP contribution in [-0.4, -0.2) is 17.9 Å². The maximum absolute atomic E-state index is 11.4.